The van der Waals surface area contributed by atoms with Crippen molar-refractivity contribution in [2.75, 3.05) is 18.4 Å². The Hall–Kier alpha value is -3.71. The molecule has 5 nitrogen and oxygen atoms in total. The first-order valence-electron chi connectivity index (χ1n) is 11.3. The number of benzene rings is 1. The quantitative estimate of drug-likeness (QED) is 0.336. The summed E-state index contributed by atoms with van der Waals surface area (Å²) in [5, 5.41) is 8.50. The minimum absolute atomic E-state index is 0.161. The molecular weight excluding hydrogens is 510 g/mol. The molecule has 4 rings (SSSR count). The molecule has 3 heterocycles. The molecule has 2 aromatic rings. The lowest BCUT2D eigenvalue weighted by Crippen LogP contribution is -2.33. The fourth-order valence-electron chi connectivity index (χ4n) is 3.18. The van der Waals surface area contributed by atoms with E-state index in [4.69, 9.17) is 23.2 Å². The number of amides is 1. The van der Waals surface area contributed by atoms with Crippen LogP contribution in [0.25, 0.3) is 0 Å². The molecule has 0 aliphatic carbocycles. The molecule has 1 aromatic heterocycles. The molecule has 37 heavy (non-hydrogen) atoms. The van der Waals surface area contributed by atoms with Crippen LogP contribution in [0.5, 0.6) is 0 Å². The van der Waals surface area contributed by atoms with Gasteiger partial charge < -0.3 is 10.2 Å². The van der Waals surface area contributed by atoms with Gasteiger partial charge in [-0.05, 0) is 44.9 Å². The molecule has 2 aliphatic rings. The maximum Gasteiger partial charge on any atom is 0.253 e. The zero-order valence-corrected chi connectivity index (χ0v) is 22.7. The smallest absolute Gasteiger partial charge is 0.253 e. The zero-order chi connectivity index (χ0) is 28.2. The summed E-state index contributed by atoms with van der Waals surface area (Å²) in [7, 11) is 0. The topological polar surface area (TPSA) is 50.2 Å². The minimum atomic E-state index is -0.178. The number of terminal acetylenes is 2. The van der Waals surface area contributed by atoms with Gasteiger partial charge in [0.15, 0.2) is 0 Å². The van der Waals surface area contributed by atoms with Crippen LogP contribution in [0, 0.1) is 31.5 Å². The number of hydrogen-bond acceptors (Lipinski definition) is 3. The molecule has 0 saturated carbocycles. The third kappa shape index (κ3) is 11.7. The molecule has 8 heteroatoms. The van der Waals surface area contributed by atoms with E-state index in [0.717, 1.165) is 43.0 Å². The molecular formula is C29H33Cl2FN4O. The normalized spacial score (nSPS) is 13.9. The van der Waals surface area contributed by atoms with Crippen molar-refractivity contribution in [3.63, 3.8) is 0 Å². The van der Waals surface area contributed by atoms with Gasteiger partial charge in [0.25, 0.3) is 5.91 Å². The van der Waals surface area contributed by atoms with E-state index in [2.05, 4.69) is 42.7 Å². The van der Waals surface area contributed by atoms with E-state index >= 15 is 0 Å². The lowest BCUT2D eigenvalue weighted by Gasteiger charge is -2.24. The molecule has 0 atom stereocenters. The van der Waals surface area contributed by atoms with E-state index in [1.807, 2.05) is 29.5 Å². The first-order chi connectivity index (χ1) is 17.9. The lowest BCUT2D eigenvalue weighted by atomic mass is 10.1. The van der Waals surface area contributed by atoms with E-state index in [0.29, 0.717) is 16.6 Å². The van der Waals surface area contributed by atoms with Gasteiger partial charge in [-0.25, -0.2) is 9.07 Å². The number of aromatic nitrogens is 2. The molecule has 0 spiro atoms. The third-order valence-electron chi connectivity index (χ3n) is 4.92. The summed E-state index contributed by atoms with van der Waals surface area (Å²) < 4.78 is 13.7. The van der Waals surface area contributed by atoms with Gasteiger partial charge in [-0.15, -0.1) is 25.7 Å². The maximum absolute atomic E-state index is 12.3. The van der Waals surface area contributed by atoms with Gasteiger partial charge in [-0.2, -0.15) is 5.10 Å². The van der Waals surface area contributed by atoms with E-state index in [1.54, 1.807) is 42.6 Å². The fraction of sp³-hybridized carbons (Fsp3) is 0.241. The number of likely N-dealkylation sites (tertiary alicyclic amines) is 1. The summed E-state index contributed by atoms with van der Waals surface area (Å²) in [4.78, 5) is 14.3. The van der Waals surface area contributed by atoms with Crippen LogP contribution in [-0.2, 0) is 11.3 Å². The number of anilines is 1. The number of nitrogens with zero attached hydrogens (tertiary/aromatic N) is 3. The number of hydrogen-bond donors (Lipinski definition) is 1. The van der Waals surface area contributed by atoms with E-state index in [1.165, 1.54) is 12.1 Å². The monoisotopic (exact) mass is 542 g/mol. The molecule has 1 aromatic carbocycles. The van der Waals surface area contributed by atoms with Crippen molar-refractivity contribution >= 4 is 34.9 Å². The molecule has 0 bridgehead atoms. The number of allylic oxidation sites excluding steroid dienone is 6. The van der Waals surface area contributed by atoms with Gasteiger partial charge in [0.2, 0.25) is 0 Å². The van der Waals surface area contributed by atoms with Crippen molar-refractivity contribution in [3.8, 4) is 25.7 Å². The van der Waals surface area contributed by atoms with Crippen LogP contribution in [0.3, 0.4) is 0 Å². The van der Waals surface area contributed by atoms with Gasteiger partial charge in [-0.3, -0.25) is 4.79 Å². The number of fused-ring (bicyclic) bond motifs is 1. The summed E-state index contributed by atoms with van der Waals surface area (Å²) >= 11 is 11.2. The Morgan fingerprint density at radius 3 is 2.16 bits per heavy atom. The number of carbonyl (C=O) groups is 1. The Balaban J connectivity index is 0.000000549. The number of halogens is 3. The van der Waals surface area contributed by atoms with Crippen LogP contribution < -0.4 is 5.32 Å². The largest absolute Gasteiger partial charge is 0.344 e. The fourth-order valence-corrected chi connectivity index (χ4v) is 3.44. The van der Waals surface area contributed by atoms with E-state index in [-0.39, 0.29) is 11.7 Å². The van der Waals surface area contributed by atoms with Gasteiger partial charge in [0.05, 0.1) is 28.4 Å². The average molecular weight is 544 g/mol. The van der Waals surface area contributed by atoms with Crippen molar-refractivity contribution in [2.24, 2.45) is 0 Å². The third-order valence-corrected chi connectivity index (χ3v) is 5.77. The molecule has 2 aliphatic heterocycles. The first kappa shape index (κ1) is 33.3. The maximum atomic E-state index is 12.3. The Morgan fingerprint density at radius 1 is 1.08 bits per heavy atom. The molecule has 1 N–H and O–H groups in total. The van der Waals surface area contributed by atoms with E-state index < -0.39 is 0 Å². The number of nitrogens with one attached hydrogen (secondary N) is 1. The van der Waals surface area contributed by atoms with Crippen molar-refractivity contribution in [1.82, 2.24) is 14.7 Å². The molecule has 1 saturated heterocycles. The van der Waals surface area contributed by atoms with Crippen LogP contribution in [-0.4, -0.2) is 33.7 Å². The van der Waals surface area contributed by atoms with Crippen LogP contribution >= 0.6 is 23.2 Å². The molecule has 1 amide bonds. The predicted molar refractivity (Wildman–Crippen MR) is 154 cm³/mol. The molecule has 196 valence electrons. The lowest BCUT2D eigenvalue weighted by molar-refractivity contribution is -0.126. The molecule has 0 radical (unpaired) electrons. The molecule has 1 fully saturated rings. The van der Waals surface area contributed by atoms with Crippen LogP contribution in [0.15, 0.2) is 88.7 Å². The highest BCUT2D eigenvalue weighted by Crippen LogP contribution is 2.23. The Labute approximate surface area is 230 Å². The Kier molecular flexibility index (Phi) is 17.5. The number of rotatable bonds is 3. The van der Waals surface area contributed by atoms with Gasteiger partial charge in [0, 0.05) is 24.9 Å². The highest BCUT2D eigenvalue weighted by atomic mass is 35.5. The SMILES string of the molecule is C#C.C#C.C=C/C=C(Cl)\C(Cl)=C/C.CC1=C(C(=O)N2CCCC2)Cn2nccc2N1.Fc1ccccc1. The van der Waals surface area contributed by atoms with Crippen molar-refractivity contribution in [3.05, 3.63) is 94.6 Å². The van der Waals surface area contributed by atoms with Crippen LogP contribution in [0.4, 0.5) is 10.2 Å². The van der Waals surface area contributed by atoms with E-state index in [9.17, 15) is 9.18 Å². The first-order valence-corrected chi connectivity index (χ1v) is 12.1. The second-order valence-corrected chi connectivity index (χ2v) is 8.10. The molecule has 0 unspecified atom stereocenters. The van der Waals surface area contributed by atoms with Crippen LogP contribution in [0.2, 0.25) is 0 Å². The van der Waals surface area contributed by atoms with Crippen molar-refractivity contribution in [1.29, 1.82) is 0 Å². The highest BCUT2D eigenvalue weighted by molar-refractivity contribution is 6.43. The van der Waals surface area contributed by atoms with Crippen molar-refractivity contribution in [2.45, 2.75) is 33.2 Å². The van der Waals surface area contributed by atoms with Crippen LogP contribution in [0.1, 0.15) is 26.7 Å². The summed E-state index contributed by atoms with van der Waals surface area (Å²) in [6, 6.07) is 9.86. The van der Waals surface area contributed by atoms with Gasteiger partial charge >= 0.3 is 0 Å². The van der Waals surface area contributed by atoms with Crippen molar-refractivity contribution < 1.29 is 9.18 Å². The summed E-state index contributed by atoms with van der Waals surface area (Å²) in [5.41, 5.74) is 1.79. The minimum Gasteiger partial charge on any atom is -0.344 e. The Morgan fingerprint density at radius 2 is 1.68 bits per heavy atom. The zero-order valence-electron chi connectivity index (χ0n) is 21.2. The summed E-state index contributed by atoms with van der Waals surface area (Å²) in [5.74, 6) is 0.941. The highest BCUT2D eigenvalue weighted by Gasteiger charge is 2.26. The second-order valence-electron chi connectivity index (χ2n) is 7.28. The second kappa shape index (κ2) is 19.5. The number of carbonyl (C=O) groups excluding carboxylic acids is 1. The van der Waals surface area contributed by atoms with Gasteiger partial charge in [0.1, 0.15) is 11.6 Å². The van der Waals surface area contributed by atoms with Gasteiger partial charge in [-0.1, -0.05) is 60.1 Å². The summed E-state index contributed by atoms with van der Waals surface area (Å²) in [6.45, 7) is 9.61. The average Bonchev–Trinajstić information content (AvgIpc) is 3.63. The standard InChI is InChI=1S/C12H16N4O.C7H8Cl2.C6H5F.2C2H2/c1-9-10(12(17)15-6-2-3-7-15)8-16-11(14-9)4-5-13-16;1-3-5-7(9)6(8)4-2;7-6-4-2-1-3-5-6;2*1-2/h4-5,14H,2-3,6-8H2,1H3;3-5H,1H2,2H3;1-5H;2*1-2H/b;6-4+,7-5+;;;. The Bertz CT molecular complexity index is 1100. The predicted octanol–water partition coefficient (Wildman–Crippen LogP) is 6.97. The summed E-state index contributed by atoms with van der Waals surface area (Å²) in [6.07, 6.45) is 25.0.